The maximum absolute atomic E-state index is 4.26. The molecule has 0 fully saturated rings. The Labute approximate surface area is 94.5 Å². The molecule has 0 aliphatic rings. The van der Waals surface area contributed by atoms with Crippen LogP contribution in [0.1, 0.15) is 24.4 Å². The van der Waals surface area contributed by atoms with E-state index in [1.807, 2.05) is 24.9 Å². The molecular formula is C11H15N5. The zero-order valence-corrected chi connectivity index (χ0v) is 9.68. The van der Waals surface area contributed by atoms with Gasteiger partial charge >= 0.3 is 0 Å². The molecule has 5 nitrogen and oxygen atoms in total. The molecule has 2 aromatic heterocycles. The summed E-state index contributed by atoms with van der Waals surface area (Å²) in [7, 11) is 1.92. The third-order valence-electron chi connectivity index (χ3n) is 2.63. The van der Waals surface area contributed by atoms with Crippen LogP contribution in [0.3, 0.4) is 0 Å². The summed E-state index contributed by atoms with van der Waals surface area (Å²) in [5.74, 6) is 0. The van der Waals surface area contributed by atoms with Crippen LogP contribution in [-0.4, -0.2) is 19.7 Å². The van der Waals surface area contributed by atoms with E-state index in [-0.39, 0.29) is 6.04 Å². The summed E-state index contributed by atoms with van der Waals surface area (Å²) in [6.45, 7) is 4.08. The smallest absolute Gasteiger partial charge is 0.0806 e. The van der Waals surface area contributed by atoms with E-state index < -0.39 is 0 Å². The molecule has 16 heavy (non-hydrogen) atoms. The van der Waals surface area contributed by atoms with E-state index in [1.54, 1.807) is 18.6 Å². The summed E-state index contributed by atoms with van der Waals surface area (Å²) in [5.41, 5.74) is 3.06. The number of nitrogens with one attached hydrogen (secondary N) is 1. The van der Waals surface area contributed by atoms with Crippen LogP contribution >= 0.6 is 0 Å². The lowest BCUT2D eigenvalue weighted by Crippen LogP contribution is -2.09. The Balaban J connectivity index is 2.14. The Hall–Kier alpha value is -1.91. The second-order valence-corrected chi connectivity index (χ2v) is 3.76. The van der Waals surface area contributed by atoms with Gasteiger partial charge in [0, 0.05) is 19.4 Å². The van der Waals surface area contributed by atoms with Crippen LogP contribution in [0.5, 0.6) is 0 Å². The average molecular weight is 217 g/mol. The van der Waals surface area contributed by atoms with Gasteiger partial charge in [-0.15, -0.1) is 0 Å². The summed E-state index contributed by atoms with van der Waals surface area (Å²) in [6.07, 6.45) is 6.96. The van der Waals surface area contributed by atoms with Gasteiger partial charge in [0.25, 0.3) is 0 Å². The number of aryl methyl sites for hydroxylation is 1. The largest absolute Gasteiger partial charge is 0.374 e. The summed E-state index contributed by atoms with van der Waals surface area (Å²) in [6, 6.07) is 0.122. The minimum atomic E-state index is 0.122. The maximum atomic E-state index is 4.26. The van der Waals surface area contributed by atoms with Crippen molar-refractivity contribution in [3.05, 3.63) is 36.2 Å². The zero-order chi connectivity index (χ0) is 11.5. The molecule has 0 bridgehead atoms. The van der Waals surface area contributed by atoms with Crippen molar-refractivity contribution in [2.45, 2.75) is 19.9 Å². The Morgan fingerprint density at radius 1 is 1.31 bits per heavy atom. The Kier molecular flexibility index (Phi) is 2.85. The van der Waals surface area contributed by atoms with Crippen LogP contribution in [0, 0.1) is 6.92 Å². The molecule has 0 spiro atoms. The standard InChI is InChI=1S/C11H15N5/c1-8(10-6-12-4-5-13-10)15-11-7-14-16(3)9(11)2/h4-8,15H,1-3H3. The predicted molar refractivity (Wildman–Crippen MR) is 62.0 cm³/mol. The molecule has 2 heterocycles. The Bertz CT molecular complexity index is 462. The molecule has 5 heteroatoms. The van der Waals surface area contributed by atoms with Crippen molar-refractivity contribution in [1.29, 1.82) is 0 Å². The van der Waals surface area contributed by atoms with Crippen molar-refractivity contribution in [3.8, 4) is 0 Å². The van der Waals surface area contributed by atoms with E-state index in [4.69, 9.17) is 0 Å². The molecule has 0 aliphatic heterocycles. The van der Waals surface area contributed by atoms with Gasteiger partial charge in [0.2, 0.25) is 0 Å². The van der Waals surface area contributed by atoms with E-state index in [0.717, 1.165) is 17.1 Å². The minimum Gasteiger partial charge on any atom is -0.374 e. The lowest BCUT2D eigenvalue weighted by molar-refractivity contribution is 0.739. The molecule has 0 radical (unpaired) electrons. The van der Waals surface area contributed by atoms with Crippen molar-refractivity contribution in [2.24, 2.45) is 7.05 Å². The molecule has 0 aromatic carbocycles. The average Bonchev–Trinajstić information content (AvgIpc) is 2.62. The summed E-state index contributed by atoms with van der Waals surface area (Å²) in [5, 5.41) is 7.54. The molecular weight excluding hydrogens is 202 g/mol. The summed E-state index contributed by atoms with van der Waals surface area (Å²) < 4.78 is 1.84. The highest BCUT2D eigenvalue weighted by molar-refractivity contribution is 5.47. The van der Waals surface area contributed by atoms with Crippen LogP contribution in [0.4, 0.5) is 5.69 Å². The van der Waals surface area contributed by atoms with Gasteiger partial charge in [0.15, 0.2) is 0 Å². The van der Waals surface area contributed by atoms with Gasteiger partial charge < -0.3 is 5.32 Å². The van der Waals surface area contributed by atoms with Crippen LogP contribution in [0.25, 0.3) is 0 Å². The molecule has 0 amide bonds. The number of anilines is 1. The van der Waals surface area contributed by atoms with Gasteiger partial charge in [-0.1, -0.05) is 0 Å². The van der Waals surface area contributed by atoms with Gasteiger partial charge in [-0.25, -0.2) is 0 Å². The maximum Gasteiger partial charge on any atom is 0.0806 e. The van der Waals surface area contributed by atoms with Crippen LogP contribution < -0.4 is 5.32 Å². The SMILES string of the molecule is Cc1c(NC(C)c2cnccn2)cnn1C. The van der Waals surface area contributed by atoms with Gasteiger partial charge in [-0.3, -0.25) is 14.6 Å². The third kappa shape index (κ3) is 2.03. The van der Waals surface area contributed by atoms with Crippen molar-refractivity contribution in [1.82, 2.24) is 19.7 Å². The lowest BCUT2D eigenvalue weighted by atomic mass is 10.2. The highest BCUT2D eigenvalue weighted by Gasteiger charge is 2.10. The fraction of sp³-hybridized carbons (Fsp3) is 0.364. The quantitative estimate of drug-likeness (QED) is 0.850. The topological polar surface area (TPSA) is 55.6 Å². The molecule has 1 unspecified atom stereocenters. The van der Waals surface area contributed by atoms with Crippen LogP contribution in [0.15, 0.2) is 24.8 Å². The van der Waals surface area contributed by atoms with E-state index in [9.17, 15) is 0 Å². The number of rotatable bonds is 3. The summed E-state index contributed by atoms with van der Waals surface area (Å²) in [4.78, 5) is 8.31. The second kappa shape index (κ2) is 4.30. The van der Waals surface area contributed by atoms with Crippen molar-refractivity contribution < 1.29 is 0 Å². The first-order valence-corrected chi connectivity index (χ1v) is 5.19. The number of nitrogens with zero attached hydrogens (tertiary/aromatic N) is 4. The van der Waals surface area contributed by atoms with Gasteiger partial charge in [-0.2, -0.15) is 5.10 Å². The number of hydrogen-bond acceptors (Lipinski definition) is 4. The Morgan fingerprint density at radius 2 is 2.12 bits per heavy atom. The van der Waals surface area contributed by atoms with E-state index in [2.05, 4.69) is 27.3 Å². The molecule has 0 aliphatic carbocycles. The number of hydrogen-bond donors (Lipinski definition) is 1. The lowest BCUT2D eigenvalue weighted by Gasteiger charge is -2.13. The van der Waals surface area contributed by atoms with Crippen molar-refractivity contribution in [2.75, 3.05) is 5.32 Å². The number of aromatic nitrogens is 4. The highest BCUT2D eigenvalue weighted by Crippen LogP contribution is 2.19. The minimum absolute atomic E-state index is 0.122. The van der Waals surface area contributed by atoms with E-state index in [1.165, 1.54) is 0 Å². The molecule has 1 atom stereocenters. The zero-order valence-electron chi connectivity index (χ0n) is 9.68. The fourth-order valence-electron chi connectivity index (χ4n) is 1.48. The molecule has 2 rings (SSSR count). The predicted octanol–water partition coefficient (Wildman–Crippen LogP) is 1.69. The van der Waals surface area contributed by atoms with Crippen molar-refractivity contribution >= 4 is 5.69 Å². The van der Waals surface area contributed by atoms with Crippen LogP contribution in [0.2, 0.25) is 0 Å². The molecule has 84 valence electrons. The highest BCUT2D eigenvalue weighted by atomic mass is 15.3. The monoisotopic (exact) mass is 217 g/mol. The second-order valence-electron chi connectivity index (χ2n) is 3.76. The van der Waals surface area contributed by atoms with E-state index >= 15 is 0 Å². The summed E-state index contributed by atoms with van der Waals surface area (Å²) >= 11 is 0. The normalized spacial score (nSPS) is 12.4. The molecule has 2 aromatic rings. The van der Waals surface area contributed by atoms with Crippen LogP contribution in [-0.2, 0) is 7.05 Å². The Morgan fingerprint density at radius 3 is 2.69 bits per heavy atom. The first-order chi connectivity index (χ1) is 7.68. The van der Waals surface area contributed by atoms with Gasteiger partial charge in [0.1, 0.15) is 0 Å². The molecule has 1 N–H and O–H groups in total. The first kappa shape index (κ1) is 10.6. The van der Waals surface area contributed by atoms with Gasteiger partial charge in [-0.05, 0) is 13.8 Å². The third-order valence-corrected chi connectivity index (χ3v) is 2.63. The van der Waals surface area contributed by atoms with E-state index in [0.29, 0.717) is 0 Å². The van der Waals surface area contributed by atoms with Gasteiger partial charge in [0.05, 0.1) is 35.5 Å². The van der Waals surface area contributed by atoms with Crippen molar-refractivity contribution in [3.63, 3.8) is 0 Å². The molecule has 0 saturated carbocycles. The first-order valence-electron chi connectivity index (χ1n) is 5.19. The fourth-order valence-corrected chi connectivity index (χ4v) is 1.48. The molecule has 0 saturated heterocycles.